The molecule has 0 saturated heterocycles. The van der Waals surface area contributed by atoms with Crippen molar-refractivity contribution in [2.45, 2.75) is 26.9 Å². The number of carbonyl (C=O) groups excluding carboxylic acids is 1. The van der Waals surface area contributed by atoms with Crippen molar-refractivity contribution in [3.8, 4) is 5.88 Å². The summed E-state index contributed by atoms with van der Waals surface area (Å²) in [6, 6.07) is 6.03. The summed E-state index contributed by atoms with van der Waals surface area (Å²) >= 11 is 0. The molecule has 126 valence electrons. The largest absolute Gasteiger partial charge is 0.515 e. The molecule has 6 nitrogen and oxygen atoms in total. The van der Waals surface area contributed by atoms with Gasteiger partial charge in [-0.2, -0.15) is 0 Å². The molecule has 24 heavy (non-hydrogen) atoms. The molecule has 1 N–H and O–H groups in total. The van der Waals surface area contributed by atoms with Crippen LogP contribution in [0.15, 0.2) is 24.4 Å². The number of benzene rings is 1. The highest BCUT2D eigenvalue weighted by Crippen LogP contribution is 2.36. The van der Waals surface area contributed by atoms with Crippen LogP contribution in [0.1, 0.15) is 31.1 Å². The van der Waals surface area contributed by atoms with Crippen LogP contribution in [0.4, 0.5) is 4.79 Å². The van der Waals surface area contributed by atoms with Gasteiger partial charge in [-0.1, -0.05) is 12.1 Å². The van der Waals surface area contributed by atoms with E-state index in [9.17, 15) is 4.79 Å². The monoisotopic (exact) mass is 328 g/mol. The highest BCUT2D eigenvalue weighted by molar-refractivity contribution is 6.11. The zero-order valence-electron chi connectivity index (χ0n) is 14.2. The molecular formula is C18H20N2O4. The standard InChI is InChI=1S/C18H20N2O4/c1-5-23-18(21)24-17-10(2)15-14(9-19-17)20-13-8-6-7-12(16(13)15)11(3)22-4/h6-9,11,20H,5H2,1-4H3. The van der Waals surface area contributed by atoms with E-state index in [1.807, 2.05) is 32.0 Å². The van der Waals surface area contributed by atoms with Crippen molar-refractivity contribution >= 4 is 28.0 Å². The summed E-state index contributed by atoms with van der Waals surface area (Å²) in [6.07, 6.45) is 0.852. The Balaban J connectivity index is 2.22. The molecule has 0 aliphatic carbocycles. The lowest BCUT2D eigenvalue weighted by Crippen LogP contribution is -2.11. The van der Waals surface area contributed by atoms with Crippen molar-refractivity contribution in [1.82, 2.24) is 9.97 Å². The van der Waals surface area contributed by atoms with Crippen LogP contribution >= 0.6 is 0 Å². The Morgan fingerprint density at radius 1 is 1.29 bits per heavy atom. The minimum Gasteiger partial charge on any atom is -0.434 e. The van der Waals surface area contributed by atoms with Crippen molar-refractivity contribution in [3.05, 3.63) is 35.5 Å². The number of pyridine rings is 1. The second-order valence-corrected chi connectivity index (χ2v) is 5.53. The number of carbonyl (C=O) groups is 1. The van der Waals surface area contributed by atoms with E-state index in [-0.39, 0.29) is 18.6 Å². The van der Waals surface area contributed by atoms with Crippen LogP contribution in [0.5, 0.6) is 5.88 Å². The predicted molar refractivity (Wildman–Crippen MR) is 91.4 cm³/mol. The van der Waals surface area contributed by atoms with Gasteiger partial charge in [0.05, 0.1) is 24.4 Å². The molecule has 1 atom stereocenters. The average Bonchev–Trinajstić information content (AvgIpc) is 2.96. The third-order valence-electron chi connectivity index (χ3n) is 4.13. The van der Waals surface area contributed by atoms with Crippen molar-refractivity contribution < 1.29 is 19.0 Å². The third-order valence-corrected chi connectivity index (χ3v) is 4.13. The van der Waals surface area contributed by atoms with Crippen molar-refractivity contribution in [2.24, 2.45) is 0 Å². The highest BCUT2D eigenvalue weighted by atomic mass is 16.7. The fourth-order valence-electron chi connectivity index (χ4n) is 2.90. The third kappa shape index (κ3) is 2.69. The summed E-state index contributed by atoms with van der Waals surface area (Å²) in [5, 5.41) is 2.02. The number of rotatable bonds is 4. The van der Waals surface area contributed by atoms with E-state index in [4.69, 9.17) is 14.2 Å². The number of hydrogen-bond donors (Lipinski definition) is 1. The first-order valence-electron chi connectivity index (χ1n) is 7.84. The number of aromatic nitrogens is 2. The van der Waals surface area contributed by atoms with Crippen LogP contribution in [0.2, 0.25) is 0 Å². The molecule has 3 aromatic rings. The molecule has 6 heteroatoms. The van der Waals surface area contributed by atoms with Gasteiger partial charge in [0.2, 0.25) is 5.88 Å². The first-order valence-corrected chi connectivity index (χ1v) is 7.84. The fraction of sp³-hybridized carbons (Fsp3) is 0.333. The molecule has 0 radical (unpaired) electrons. The molecule has 2 aromatic heterocycles. The van der Waals surface area contributed by atoms with Crippen LogP contribution in [-0.2, 0) is 9.47 Å². The number of nitrogens with one attached hydrogen (secondary N) is 1. The van der Waals surface area contributed by atoms with Gasteiger partial charge in [0, 0.05) is 29.0 Å². The molecule has 1 unspecified atom stereocenters. The van der Waals surface area contributed by atoms with Crippen LogP contribution < -0.4 is 4.74 Å². The molecule has 1 aromatic carbocycles. The summed E-state index contributed by atoms with van der Waals surface area (Å²) in [4.78, 5) is 19.2. The molecule has 0 saturated carbocycles. The van der Waals surface area contributed by atoms with Crippen LogP contribution in [0, 0.1) is 6.92 Å². The van der Waals surface area contributed by atoms with E-state index in [0.717, 1.165) is 32.9 Å². The van der Waals surface area contributed by atoms with Crippen LogP contribution in [0.25, 0.3) is 21.8 Å². The Hall–Kier alpha value is -2.60. The zero-order chi connectivity index (χ0) is 17.3. The van der Waals surface area contributed by atoms with E-state index >= 15 is 0 Å². The normalized spacial score (nSPS) is 12.5. The molecule has 2 heterocycles. The maximum Gasteiger partial charge on any atom is 0.515 e. The Bertz CT molecular complexity index is 901. The Morgan fingerprint density at radius 3 is 2.79 bits per heavy atom. The van der Waals surface area contributed by atoms with Crippen LogP contribution in [0.3, 0.4) is 0 Å². The second-order valence-electron chi connectivity index (χ2n) is 5.53. The van der Waals surface area contributed by atoms with Gasteiger partial charge in [-0.3, -0.25) is 0 Å². The van der Waals surface area contributed by atoms with Gasteiger partial charge in [0.15, 0.2) is 0 Å². The lowest BCUT2D eigenvalue weighted by atomic mass is 10.0. The van der Waals surface area contributed by atoms with Gasteiger partial charge in [0.25, 0.3) is 0 Å². The lowest BCUT2D eigenvalue weighted by Gasteiger charge is -2.12. The molecule has 0 bridgehead atoms. The number of ether oxygens (including phenoxy) is 3. The molecule has 0 aliphatic heterocycles. The Kier molecular flexibility index (Phi) is 4.40. The fourth-order valence-corrected chi connectivity index (χ4v) is 2.90. The predicted octanol–water partition coefficient (Wildman–Crippen LogP) is 4.27. The summed E-state index contributed by atoms with van der Waals surface area (Å²) in [5.74, 6) is 0.252. The van der Waals surface area contributed by atoms with Crippen LogP contribution in [-0.4, -0.2) is 29.8 Å². The minimum atomic E-state index is -0.752. The number of aromatic amines is 1. The molecule has 3 rings (SSSR count). The molecule has 0 spiro atoms. The van der Waals surface area contributed by atoms with Gasteiger partial charge in [-0.25, -0.2) is 9.78 Å². The second kappa shape index (κ2) is 6.49. The maximum absolute atomic E-state index is 11.6. The molecule has 0 aliphatic rings. The topological polar surface area (TPSA) is 73.4 Å². The molecule has 0 amide bonds. The van der Waals surface area contributed by atoms with Gasteiger partial charge >= 0.3 is 6.16 Å². The summed E-state index contributed by atoms with van der Waals surface area (Å²) in [6.45, 7) is 5.86. The number of methoxy groups -OCH3 is 1. The Labute approximate surface area is 139 Å². The minimum absolute atomic E-state index is 0.0605. The van der Waals surface area contributed by atoms with Crippen molar-refractivity contribution in [3.63, 3.8) is 0 Å². The average molecular weight is 328 g/mol. The van der Waals surface area contributed by atoms with E-state index in [0.29, 0.717) is 0 Å². The number of H-pyrrole nitrogens is 1. The number of aryl methyl sites for hydroxylation is 1. The number of fused-ring (bicyclic) bond motifs is 3. The number of hydrogen-bond acceptors (Lipinski definition) is 5. The molecule has 0 fully saturated rings. The summed E-state index contributed by atoms with van der Waals surface area (Å²) < 4.78 is 15.5. The lowest BCUT2D eigenvalue weighted by molar-refractivity contribution is 0.102. The first kappa shape index (κ1) is 16.3. The molecular weight excluding hydrogens is 308 g/mol. The van der Waals surface area contributed by atoms with Gasteiger partial charge < -0.3 is 19.2 Å². The summed E-state index contributed by atoms with van der Waals surface area (Å²) in [5.41, 5.74) is 3.72. The zero-order valence-corrected chi connectivity index (χ0v) is 14.2. The highest BCUT2D eigenvalue weighted by Gasteiger charge is 2.18. The van der Waals surface area contributed by atoms with Gasteiger partial charge in [-0.15, -0.1) is 0 Å². The van der Waals surface area contributed by atoms with Gasteiger partial charge in [-0.05, 0) is 32.4 Å². The first-order chi connectivity index (χ1) is 11.6. The SMILES string of the molecule is CCOC(=O)Oc1ncc2[nH]c3cccc(C(C)OC)c3c2c1C. The maximum atomic E-state index is 11.6. The van der Waals surface area contributed by atoms with E-state index in [2.05, 4.69) is 9.97 Å². The summed E-state index contributed by atoms with van der Waals surface area (Å²) in [7, 11) is 1.68. The van der Waals surface area contributed by atoms with E-state index < -0.39 is 6.16 Å². The van der Waals surface area contributed by atoms with Crippen molar-refractivity contribution in [2.75, 3.05) is 13.7 Å². The quantitative estimate of drug-likeness (QED) is 0.724. The smallest absolute Gasteiger partial charge is 0.434 e. The van der Waals surface area contributed by atoms with E-state index in [1.54, 1.807) is 20.2 Å². The van der Waals surface area contributed by atoms with Crippen molar-refractivity contribution in [1.29, 1.82) is 0 Å². The van der Waals surface area contributed by atoms with E-state index in [1.165, 1.54) is 0 Å². The Morgan fingerprint density at radius 2 is 2.08 bits per heavy atom. The van der Waals surface area contributed by atoms with Gasteiger partial charge in [0.1, 0.15) is 0 Å². The number of nitrogens with zero attached hydrogens (tertiary/aromatic N) is 1.